The van der Waals surface area contributed by atoms with Gasteiger partial charge in [0.05, 0.1) is 6.33 Å². The van der Waals surface area contributed by atoms with Crippen molar-refractivity contribution < 1.29 is 4.79 Å². The van der Waals surface area contributed by atoms with Crippen LogP contribution in [0.5, 0.6) is 0 Å². The molecule has 0 radical (unpaired) electrons. The second-order valence-corrected chi connectivity index (χ2v) is 2.74. The van der Waals surface area contributed by atoms with E-state index in [2.05, 4.69) is 15.3 Å². The molecule has 2 heterocycles. The molecule has 1 aromatic rings. The van der Waals surface area contributed by atoms with E-state index in [1.807, 2.05) is 0 Å². The molecule has 7 heteroatoms. The maximum atomic E-state index is 10.8. The van der Waals surface area contributed by atoms with E-state index < -0.39 is 5.91 Å². The molecule has 0 spiro atoms. The lowest BCUT2D eigenvalue weighted by Gasteiger charge is -2.16. The molecule has 1 aliphatic heterocycles. The summed E-state index contributed by atoms with van der Waals surface area (Å²) in [6.07, 6.45) is 1.52. The molecule has 2 rings (SSSR count). The highest BCUT2D eigenvalue weighted by atomic mass is 16.1. The number of carbonyl (C=O) groups is 1. The first kappa shape index (κ1) is 7.71. The van der Waals surface area contributed by atoms with Crippen LogP contribution in [-0.2, 0) is 6.67 Å². The van der Waals surface area contributed by atoms with Crippen molar-refractivity contribution >= 4 is 11.7 Å². The van der Waals surface area contributed by atoms with Crippen LogP contribution in [0.2, 0.25) is 0 Å². The minimum atomic E-state index is -0.586. The summed E-state index contributed by atoms with van der Waals surface area (Å²) in [5, 5.41) is 9.21. The Balaban J connectivity index is 2.48. The zero-order chi connectivity index (χ0) is 9.42. The Labute approximate surface area is 73.8 Å². The summed E-state index contributed by atoms with van der Waals surface area (Å²) in [7, 11) is 1.77. The Morgan fingerprint density at radius 1 is 1.69 bits per heavy atom. The molecule has 0 aromatic carbocycles. The first-order valence-corrected chi connectivity index (χ1v) is 3.66. The van der Waals surface area contributed by atoms with Crippen LogP contribution in [0.25, 0.3) is 0 Å². The minimum absolute atomic E-state index is 0.164. The lowest BCUT2D eigenvalue weighted by molar-refractivity contribution is 0.0996. The van der Waals surface area contributed by atoms with Gasteiger partial charge in [0.25, 0.3) is 5.91 Å². The number of nitrogens with two attached hydrogens (primary N) is 1. The SMILES string of the molecule is CN1Cn2cnc(C(N)=O)c2N=N1. The molecule has 13 heavy (non-hydrogen) atoms. The summed E-state index contributed by atoms with van der Waals surface area (Å²) in [5.41, 5.74) is 5.25. The van der Waals surface area contributed by atoms with Crippen molar-refractivity contribution in [1.82, 2.24) is 14.6 Å². The van der Waals surface area contributed by atoms with Gasteiger partial charge in [-0.25, -0.2) is 4.98 Å². The van der Waals surface area contributed by atoms with Crippen LogP contribution in [0, 0.1) is 0 Å². The zero-order valence-corrected chi connectivity index (χ0v) is 7.01. The lowest BCUT2D eigenvalue weighted by atomic mass is 10.4. The highest BCUT2D eigenvalue weighted by Gasteiger charge is 2.18. The quantitative estimate of drug-likeness (QED) is 0.653. The van der Waals surface area contributed by atoms with Gasteiger partial charge in [-0.1, -0.05) is 5.22 Å². The van der Waals surface area contributed by atoms with Crippen LogP contribution in [0.3, 0.4) is 0 Å². The second kappa shape index (κ2) is 2.54. The number of rotatable bonds is 1. The molecule has 1 aliphatic rings. The average molecular weight is 180 g/mol. The Kier molecular flexibility index (Phi) is 1.51. The number of carbonyl (C=O) groups excluding carboxylic acids is 1. The van der Waals surface area contributed by atoms with Crippen molar-refractivity contribution in [2.24, 2.45) is 16.1 Å². The summed E-state index contributed by atoms with van der Waals surface area (Å²) in [6, 6.07) is 0. The molecule has 0 saturated heterocycles. The number of hydrogen-bond donors (Lipinski definition) is 1. The van der Waals surface area contributed by atoms with E-state index >= 15 is 0 Å². The van der Waals surface area contributed by atoms with Crippen LogP contribution in [-0.4, -0.2) is 27.5 Å². The van der Waals surface area contributed by atoms with E-state index in [0.29, 0.717) is 12.5 Å². The number of hydrogen-bond acceptors (Lipinski definition) is 5. The molecule has 68 valence electrons. The lowest BCUT2D eigenvalue weighted by Crippen LogP contribution is -2.19. The van der Waals surface area contributed by atoms with Crippen molar-refractivity contribution in [3.05, 3.63) is 12.0 Å². The van der Waals surface area contributed by atoms with Crippen molar-refractivity contribution in [1.29, 1.82) is 0 Å². The van der Waals surface area contributed by atoms with Crippen molar-refractivity contribution in [3.63, 3.8) is 0 Å². The fraction of sp³-hybridized carbons (Fsp3) is 0.333. The predicted molar refractivity (Wildman–Crippen MR) is 43.0 cm³/mol. The van der Waals surface area contributed by atoms with Crippen LogP contribution < -0.4 is 5.73 Å². The molecule has 0 fully saturated rings. The van der Waals surface area contributed by atoms with E-state index in [1.165, 1.54) is 6.33 Å². The van der Waals surface area contributed by atoms with E-state index in [9.17, 15) is 4.79 Å². The molecule has 7 nitrogen and oxygen atoms in total. The predicted octanol–water partition coefficient (Wildman–Crippen LogP) is -0.116. The molecule has 1 aromatic heterocycles. The maximum absolute atomic E-state index is 10.8. The first-order valence-electron chi connectivity index (χ1n) is 3.66. The van der Waals surface area contributed by atoms with Gasteiger partial charge in [0.2, 0.25) is 0 Å². The average Bonchev–Trinajstić information content (AvgIpc) is 2.46. The van der Waals surface area contributed by atoms with Gasteiger partial charge in [0, 0.05) is 7.05 Å². The fourth-order valence-corrected chi connectivity index (χ4v) is 1.13. The number of fused-ring (bicyclic) bond motifs is 1. The van der Waals surface area contributed by atoms with Crippen molar-refractivity contribution in [2.45, 2.75) is 6.67 Å². The number of primary amides is 1. The summed E-state index contributed by atoms with van der Waals surface area (Å²) in [6.45, 7) is 0.527. The van der Waals surface area contributed by atoms with Gasteiger partial charge in [0.1, 0.15) is 6.67 Å². The minimum Gasteiger partial charge on any atom is -0.364 e. The topological polar surface area (TPSA) is 88.9 Å². The molecule has 0 atom stereocenters. The number of amides is 1. The van der Waals surface area contributed by atoms with Gasteiger partial charge in [-0.2, -0.15) is 0 Å². The monoisotopic (exact) mass is 180 g/mol. The normalized spacial score (nSPS) is 14.4. The Hall–Kier alpha value is -1.92. The molecule has 1 amide bonds. The molecular formula is C6H8N6O. The van der Waals surface area contributed by atoms with Gasteiger partial charge in [-0.05, 0) is 0 Å². The third kappa shape index (κ3) is 1.13. The van der Waals surface area contributed by atoms with Crippen LogP contribution in [0.4, 0.5) is 5.82 Å². The number of imidazole rings is 1. The number of nitrogens with zero attached hydrogens (tertiary/aromatic N) is 5. The third-order valence-corrected chi connectivity index (χ3v) is 1.69. The third-order valence-electron chi connectivity index (χ3n) is 1.69. The van der Waals surface area contributed by atoms with Crippen molar-refractivity contribution in [2.75, 3.05) is 7.05 Å². The van der Waals surface area contributed by atoms with Crippen LogP contribution in [0.15, 0.2) is 16.7 Å². The van der Waals surface area contributed by atoms with E-state index in [0.717, 1.165) is 0 Å². The Morgan fingerprint density at radius 3 is 3.15 bits per heavy atom. The molecule has 2 N–H and O–H groups in total. The van der Waals surface area contributed by atoms with Gasteiger partial charge < -0.3 is 5.73 Å². The van der Waals surface area contributed by atoms with Gasteiger partial charge in [0.15, 0.2) is 11.5 Å². The molecule has 0 bridgehead atoms. The van der Waals surface area contributed by atoms with Crippen LogP contribution in [0.1, 0.15) is 10.5 Å². The highest BCUT2D eigenvalue weighted by molar-refractivity contribution is 5.95. The van der Waals surface area contributed by atoms with E-state index in [-0.39, 0.29) is 5.69 Å². The number of aromatic nitrogens is 2. The first-order chi connectivity index (χ1) is 6.18. The van der Waals surface area contributed by atoms with Gasteiger partial charge in [-0.3, -0.25) is 14.4 Å². The molecule has 0 aliphatic carbocycles. The largest absolute Gasteiger partial charge is 0.364 e. The summed E-state index contributed by atoms with van der Waals surface area (Å²) >= 11 is 0. The van der Waals surface area contributed by atoms with E-state index in [4.69, 9.17) is 5.73 Å². The molecule has 0 unspecified atom stereocenters. The van der Waals surface area contributed by atoms with Crippen molar-refractivity contribution in [3.8, 4) is 0 Å². The standard InChI is InChI=1S/C6H8N6O/c1-11-3-12-2-8-4(5(7)13)6(12)9-10-11/h2H,3H2,1H3,(H2,7,13). The highest BCUT2D eigenvalue weighted by Crippen LogP contribution is 2.22. The van der Waals surface area contributed by atoms with Gasteiger partial charge in [-0.15, -0.1) is 5.11 Å². The van der Waals surface area contributed by atoms with Crippen LogP contribution >= 0.6 is 0 Å². The Morgan fingerprint density at radius 2 is 2.46 bits per heavy atom. The Bertz CT molecular complexity index is 380. The maximum Gasteiger partial charge on any atom is 0.271 e. The smallest absolute Gasteiger partial charge is 0.271 e. The van der Waals surface area contributed by atoms with E-state index in [1.54, 1.807) is 16.6 Å². The summed E-state index contributed by atoms with van der Waals surface area (Å²) in [5.74, 6) is -0.164. The fourth-order valence-electron chi connectivity index (χ4n) is 1.13. The summed E-state index contributed by atoms with van der Waals surface area (Å²) < 4.78 is 1.70. The second-order valence-electron chi connectivity index (χ2n) is 2.74. The summed E-state index contributed by atoms with van der Waals surface area (Å²) in [4.78, 5) is 14.7. The molecule has 0 saturated carbocycles. The van der Waals surface area contributed by atoms with Gasteiger partial charge >= 0.3 is 0 Å². The molecular weight excluding hydrogens is 172 g/mol. The zero-order valence-electron chi connectivity index (χ0n) is 7.01.